The molecule has 168 valence electrons. The summed E-state index contributed by atoms with van der Waals surface area (Å²) in [6.07, 6.45) is 0.177. The number of carbonyl (C=O) groups excluding carboxylic acids is 2. The highest BCUT2D eigenvalue weighted by atomic mass is 16.5. The number of carbonyl (C=O) groups is 2. The highest BCUT2D eigenvalue weighted by Gasteiger charge is 2.22. The van der Waals surface area contributed by atoms with Crippen LogP contribution in [0.3, 0.4) is 0 Å². The van der Waals surface area contributed by atoms with E-state index in [1.54, 1.807) is 26.4 Å². The van der Waals surface area contributed by atoms with E-state index in [1.807, 2.05) is 48.5 Å². The lowest BCUT2D eigenvalue weighted by Crippen LogP contribution is -2.00. The van der Waals surface area contributed by atoms with Crippen molar-refractivity contribution in [3.63, 3.8) is 0 Å². The van der Waals surface area contributed by atoms with E-state index >= 15 is 0 Å². The van der Waals surface area contributed by atoms with Crippen LogP contribution in [0.2, 0.25) is 0 Å². The summed E-state index contributed by atoms with van der Waals surface area (Å²) in [5, 5.41) is 0. The molecule has 0 aliphatic rings. The van der Waals surface area contributed by atoms with E-state index in [2.05, 4.69) is 0 Å². The lowest BCUT2D eigenvalue weighted by molar-refractivity contribution is 0.100. The van der Waals surface area contributed by atoms with Crippen molar-refractivity contribution in [2.75, 3.05) is 14.2 Å². The number of Topliss-reactive ketones (excluding diaryl/α,β-unsaturated/α-hetero) is 2. The van der Waals surface area contributed by atoms with Crippen LogP contribution in [0.5, 0.6) is 11.5 Å². The smallest absolute Gasteiger partial charge is 0.163 e. The Balaban J connectivity index is 1.71. The van der Waals surface area contributed by atoms with Crippen molar-refractivity contribution in [2.24, 2.45) is 0 Å². The SMILES string of the molecule is COc1ccc(-c2cc(C(C)=O)c(Cc3oc(-c4ccc(OC)cc4)cc3C(C)=O)o2)cc1. The Hall–Kier alpha value is -4.06. The van der Waals surface area contributed by atoms with Crippen LogP contribution in [0.4, 0.5) is 0 Å². The highest BCUT2D eigenvalue weighted by molar-refractivity contribution is 5.98. The molecule has 0 unspecified atom stereocenters. The summed E-state index contributed by atoms with van der Waals surface area (Å²) in [5.74, 6) is 3.22. The van der Waals surface area contributed by atoms with Crippen LogP contribution in [0, 0.1) is 0 Å². The number of hydrogen-bond donors (Lipinski definition) is 0. The molecule has 0 aliphatic heterocycles. The van der Waals surface area contributed by atoms with Gasteiger partial charge in [-0.1, -0.05) is 0 Å². The second-order valence-electron chi connectivity index (χ2n) is 7.64. The standard InChI is InChI=1S/C27H24O6/c1-16(28)22-13-24(18-5-9-20(30-3)10-6-18)32-26(22)15-27-23(17(2)29)14-25(33-27)19-7-11-21(31-4)12-8-19/h5-14H,15H2,1-4H3. The average Bonchev–Trinajstić information content (AvgIpc) is 3.44. The van der Waals surface area contributed by atoms with Crippen molar-refractivity contribution < 1.29 is 27.9 Å². The molecule has 0 amide bonds. The predicted octanol–water partition coefficient (Wildman–Crippen LogP) is 6.22. The number of ketones is 2. The molecule has 33 heavy (non-hydrogen) atoms. The van der Waals surface area contributed by atoms with E-state index in [0.29, 0.717) is 34.2 Å². The first-order valence-corrected chi connectivity index (χ1v) is 10.5. The molecular weight excluding hydrogens is 420 g/mol. The van der Waals surface area contributed by atoms with E-state index in [0.717, 1.165) is 22.6 Å². The van der Waals surface area contributed by atoms with Gasteiger partial charge in [0.05, 0.1) is 31.8 Å². The molecule has 2 aromatic carbocycles. The van der Waals surface area contributed by atoms with Gasteiger partial charge in [-0.05, 0) is 74.5 Å². The number of furan rings is 2. The van der Waals surface area contributed by atoms with E-state index < -0.39 is 0 Å². The minimum Gasteiger partial charge on any atom is -0.497 e. The molecule has 0 spiro atoms. The lowest BCUT2D eigenvalue weighted by Gasteiger charge is -2.02. The zero-order valence-corrected chi connectivity index (χ0v) is 18.9. The number of hydrogen-bond acceptors (Lipinski definition) is 6. The third kappa shape index (κ3) is 4.60. The normalized spacial score (nSPS) is 10.8. The minimum atomic E-state index is -0.125. The Bertz CT molecular complexity index is 1190. The zero-order valence-electron chi connectivity index (χ0n) is 18.9. The summed E-state index contributed by atoms with van der Waals surface area (Å²) >= 11 is 0. The van der Waals surface area contributed by atoms with Crippen molar-refractivity contribution in [3.8, 4) is 34.1 Å². The summed E-state index contributed by atoms with van der Waals surface area (Å²) in [4.78, 5) is 24.6. The summed E-state index contributed by atoms with van der Waals surface area (Å²) in [5.41, 5.74) is 2.54. The van der Waals surface area contributed by atoms with Gasteiger partial charge < -0.3 is 18.3 Å². The molecule has 0 bridgehead atoms. The van der Waals surface area contributed by atoms with Gasteiger partial charge in [0, 0.05) is 11.1 Å². The van der Waals surface area contributed by atoms with Crippen LogP contribution in [0.25, 0.3) is 22.6 Å². The quantitative estimate of drug-likeness (QED) is 0.300. The van der Waals surface area contributed by atoms with Crippen LogP contribution in [-0.4, -0.2) is 25.8 Å². The molecule has 0 saturated heterocycles. The number of rotatable bonds is 8. The third-order valence-electron chi connectivity index (χ3n) is 5.45. The summed E-state index contributed by atoms with van der Waals surface area (Å²) in [6, 6.07) is 18.2. The Labute approximate surface area is 191 Å². The molecule has 0 radical (unpaired) electrons. The maximum Gasteiger partial charge on any atom is 0.163 e. The number of ether oxygens (including phenoxy) is 2. The fraction of sp³-hybridized carbons (Fsp3) is 0.185. The zero-order chi connectivity index (χ0) is 23.5. The topological polar surface area (TPSA) is 78.9 Å². The van der Waals surface area contributed by atoms with Crippen LogP contribution >= 0.6 is 0 Å². The minimum absolute atomic E-state index is 0.125. The maximum atomic E-state index is 12.3. The van der Waals surface area contributed by atoms with Gasteiger partial charge in [-0.3, -0.25) is 9.59 Å². The van der Waals surface area contributed by atoms with E-state index in [4.69, 9.17) is 18.3 Å². The van der Waals surface area contributed by atoms with Gasteiger partial charge in [0.15, 0.2) is 11.6 Å². The van der Waals surface area contributed by atoms with Crippen LogP contribution in [-0.2, 0) is 6.42 Å². The van der Waals surface area contributed by atoms with E-state index in [1.165, 1.54) is 13.8 Å². The van der Waals surface area contributed by atoms with Gasteiger partial charge in [0.25, 0.3) is 0 Å². The molecule has 6 heteroatoms. The molecule has 0 aliphatic carbocycles. The monoisotopic (exact) mass is 444 g/mol. The fourth-order valence-electron chi connectivity index (χ4n) is 3.66. The molecule has 0 fully saturated rings. The molecule has 4 aromatic rings. The van der Waals surface area contributed by atoms with Crippen molar-refractivity contribution in [1.82, 2.24) is 0 Å². The van der Waals surface area contributed by atoms with Gasteiger partial charge in [0.2, 0.25) is 0 Å². The Kier molecular flexibility index (Phi) is 6.18. The summed E-state index contributed by atoms with van der Waals surface area (Å²) < 4.78 is 22.5. The molecule has 2 heterocycles. The second-order valence-corrected chi connectivity index (χ2v) is 7.64. The fourth-order valence-corrected chi connectivity index (χ4v) is 3.66. The molecule has 0 N–H and O–H groups in total. The van der Waals surface area contributed by atoms with Gasteiger partial charge in [0.1, 0.15) is 34.5 Å². The van der Waals surface area contributed by atoms with Gasteiger partial charge >= 0.3 is 0 Å². The first kappa shape index (κ1) is 22.1. The first-order valence-electron chi connectivity index (χ1n) is 10.5. The molecule has 0 saturated carbocycles. The van der Waals surface area contributed by atoms with Gasteiger partial charge in [-0.2, -0.15) is 0 Å². The predicted molar refractivity (Wildman–Crippen MR) is 124 cm³/mol. The summed E-state index contributed by atoms with van der Waals surface area (Å²) in [7, 11) is 3.20. The largest absolute Gasteiger partial charge is 0.497 e. The first-order chi connectivity index (χ1) is 15.9. The van der Waals surface area contributed by atoms with Gasteiger partial charge in [-0.15, -0.1) is 0 Å². The molecule has 2 aromatic heterocycles. The van der Waals surface area contributed by atoms with Crippen molar-refractivity contribution in [3.05, 3.63) is 83.3 Å². The Morgan fingerprint density at radius 1 is 0.667 bits per heavy atom. The third-order valence-corrected chi connectivity index (χ3v) is 5.45. The van der Waals surface area contributed by atoms with Crippen molar-refractivity contribution in [2.45, 2.75) is 20.3 Å². The molecule has 4 rings (SSSR count). The van der Waals surface area contributed by atoms with Crippen LogP contribution < -0.4 is 9.47 Å². The Morgan fingerprint density at radius 2 is 1.03 bits per heavy atom. The van der Waals surface area contributed by atoms with E-state index in [-0.39, 0.29) is 18.0 Å². The van der Waals surface area contributed by atoms with Crippen molar-refractivity contribution >= 4 is 11.6 Å². The van der Waals surface area contributed by atoms with Crippen LogP contribution in [0.15, 0.2) is 69.5 Å². The summed E-state index contributed by atoms with van der Waals surface area (Å²) in [6.45, 7) is 2.98. The maximum absolute atomic E-state index is 12.3. The average molecular weight is 444 g/mol. The number of methoxy groups -OCH3 is 2. The molecular formula is C27H24O6. The molecule has 0 atom stereocenters. The second kappa shape index (κ2) is 9.20. The molecule has 6 nitrogen and oxygen atoms in total. The van der Waals surface area contributed by atoms with Gasteiger partial charge in [-0.25, -0.2) is 0 Å². The van der Waals surface area contributed by atoms with Crippen LogP contribution in [0.1, 0.15) is 46.1 Å². The lowest BCUT2D eigenvalue weighted by atomic mass is 10.0. The van der Waals surface area contributed by atoms with Crippen molar-refractivity contribution in [1.29, 1.82) is 0 Å². The highest BCUT2D eigenvalue weighted by Crippen LogP contribution is 2.33. The van der Waals surface area contributed by atoms with E-state index in [9.17, 15) is 9.59 Å². The Morgan fingerprint density at radius 3 is 1.33 bits per heavy atom. The number of benzene rings is 2.